The number of carboxylic acids is 1. The number of para-hydroxylation sites is 1. The van der Waals surface area contributed by atoms with Crippen LogP contribution in [-0.4, -0.2) is 16.0 Å². The number of rotatable bonds is 5. The highest BCUT2D eigenvalue weighted by Gasteiger charge is 2.14. The summed E-state index contributed by atoms with van der Waals surface area (Å²) in [5, 5.41) is 19.5. The molecule has 0 aliphatic carbocycles. The summed E-state index contributed by atoms with van der Waals surface area (Å²) in [6, 6.07) is 9.28. The Balaban J connectivity index is 2.10. The van der Waals surface area contributed by atoms with E-state index in [9.17, 15) is 14.9 Å². The zero-order chi connectivity index (χ0) is 13.8. The van der Waals surface area contributed by atoms with Crippen molar-refractivity contribution >= 4 is 23.4 Å². The second-order valence-electron chi connectivity index (χ2n) is 3.58. The molecule has 0 fully saturated rings. The third-order valence-electron chi connectivity index (χ3n) is 2.30. The predicted molar refractivity (Wildman–Crippen MR) is 68.3 cm³/mol. The van der Waals surface area contributed by atoms with Crippen LogP contribution in [0.5, 0.6) is 0 Å². The third-order valence-corrected chi connectivity index (χ3v) is 3.39. The number of thioether (sulfide) groups is 1. The first kappa shape index (κ1) is 13.2. The van der Waals surface area contributed by atoms with E-state index in [-0.39, 0.29) is 11.4 Å². The lowest BCUT2D eigenvalue weighted by Gasteiger charge is -2.00. The molecule has 0 aliphatic heterocycles. The molecule has 0 saturated carbocycles. The number of benzene rings is 1. The minimum atomic E-state index is -1.14. The summed E-state index contributed by atoms with van der Waals surface area (Å²) in [5.41, 5.74) is 0.0255. The number of furan rings is 1. The van der Waals surface area contributed by atoms with E-state index in [1.54, 1.807) is 24.3 Å². The van der Waals surface area contributed by atoms with Gasteiger partial charge in [-0.25, -0.2) is 4.79 Å². The van der Waals surface area contributed by atoms with Crippen molar-refractivity contribution in [2.24, 2.45) is 0 Å². The van der Waals surface area contributed by atoms with Crippen LogP contribution in [0.3, 0.4) is 0 Å². The lowest BCUT2D eigenvalue weighted by Crippen LogP contribution is -1.92. The van der Waals surface area contributed by atoms with Gasteiger partial charge in [0.25, 0.3) is 5.69 Å². The molecule has 0 atom stereocenters. The lowest BCUT2D eigenvalue weighted by atomic mass is 10.3. The van der Waals surface area contributed by atoms with Gasteiger partial charge >= 0.3 is 5.97 Å². The van der Waals surface area contributed by atoms with Gasteiger partial charge in [-0.15, -0.1) is 11.8 Å². The van der Waals surface area contributed by atoms with Crippen LogP contribution in [0.25, 0.3) is 0 Å². The van der Waals surface area contributed by atoms with E-state index in [1.165, 1.54) is 23.9 Å². The van der Waals surface area contributed by atoms with Gasteiger partial charge in [0, 0.05) is 6.07 Å². The van der Waals surface area contributed by atoms with Crippen LogP contribution in [0, 0.1) is 10.1 Å². The molecule has 0 amide bonds. The molecule has 6 nitrogen and oxygen atoms in total. The van der Waals surface area contributed by atoms with Gasteiger partial charge in [0.05, 0.1) is 15.6 Å². The van der Waals surface area contributed by atoms with Crippen molar-refractivity contribution in [1.29, 1.82) is 0 Å². The molecular formula is C12H9NO5S. The average molecular weight is 279 g/mol. The van der Waals surface area contributed by atoms with E-state index in [1.807, 2.05) is 0 Å². The van der Waals surface area contributed by atoms with Crippen molar-refractivity contribution in [3.63, 3.8) is 0 Å². The van der Waals surface area contributed by atoms with Gasteiger partial charge in [0.1, 0.15) is 5.76 Å². The van der Waals surface area contributed by atoms with Crippen molar-refractivity contribution < 1.29 is 19.2 Å². The van der Waals surface area contributed by atoms with Crippen molar-refractivity contribution in [2.75, 3.05) is 0 Å². The number of carbonyl (C=O) groups is 1. The first-order valence-corrected chi connectivity index (χ1v) is 6.24. The standard InChI is InChI=1S/C12H9NO5S/c14-12(15)10-6-5-8(18-10)7-19-11-4-2-1-3-9(11)13(16)17/h1-6H,7H2,(H,14,15). The third kappa shape index (κ3) is 3.14. The second-order valence-corrected chi connectivity index (χ2v) is 4.60. The van der Waals surface area contributed by atoms with Crippen LogP contribution in [-0.2, 0) is 5.75 Å². The molecule has 2 rings (SSSR count). The van der Waals surface area contributed by atoms with Crippen molar-refractivity contribution in [2.45, 2.75) is 10.6 Å². The van der Waals surface area contributed by atoms with Crippen LogP contribution in [0.15, 0.2) is 45.7 Å². The number of aromatic carboxylic acids is 1. The fourth-order valence-electron chi connectivity index (χ4n) is 1.45. The summed E-state index contributed by atoms with van der Waals surface area (Å²) in [6.07, 6.45) is 0. The van der Waals surface area contributed by atoms with Gasteiger partial charge < -0.3 is 9.52 Å². The Hall–Kier alpha value is -2.28. The summed E-state index contributed by atoms with van der Waals surface area (Å²) >= 11 is 1.23. The fourth-order valence-corrected chi connectivity index (χ4v) is 2.37. The van der Waals surface area contributed by atoms with E-state index in [4.69, 9.17) is 9.52 Å². The summed E-state index contributed by atoms with van der Waals surface area (Å²) in [7, 11) is 0. The molecule has 1 heterocycles. The highest BCUT2D eigenvalue weighted by molar-refractivity contribution is 7.98. The molecule has 1 N–H and O–H groups in total. The van der Waals surface area contributed by atoms with Gasteiger partial charge in [-0.1, -0.05) is 12.1 Å². The largest absolute Gasteiger partial charge is 0.475 e. The van der Waals surface area contributed by atoms with Crippen LogP contribution >= 0.6 is 11.8 Å². The van der Waals surface area contributed by atoms with Gasteiger partial charge in [0.15, 0.2) is 0 Å². The first-order valence-electron chi connectivity index (χ1n) is 5.26. The van der Waals surface area contributed by atoms with Gasteiger partial charge in [0.2, 0.25) is 5.76 Å². The minimum absolute atomic E-state index is 0.0255. The molecule has 7 heteroatoms. The second kappa shape index (κ2) is 5.57. The Morgan fingerprint density at radius 3 is 2.68 bits per heavy atom. The van der Waals surface area contributed by atoms with E-state index in [0.717, 1.165) is 0 Å². The normalized spacial score (nSPS) is 10.3. The smallest absolute Gasteiger partial charge is 0.371 e. The fraction of sp³-hybridized carbons (Fsp3) is 0.0833. The monoisotopic (exact) mass is 279 g/mol. The van der Waals surface area contributed by atoms with Gasteiger partial charge in [-0.2, -0.15) is 0 Å². The maximum atomic E-state index is 10.8. The summed E-state index contributed by atoms with van der Waals surface area (Å²) in [4.78, 5) is 21.5. The first-order chi connectivity index (χ1) is 9.08. The number of nitro groups is 1. The molecule has 1 aromatic carbocycles. The number of nitrogens with zero attached hydrogens (tertiary/aromatic N) is 1. The van der Waals surface area contributed by atoms with E-state index in [0.29, 0.717) is 16.4 Å². The molecule has 2 aromatic rings. The quantitative estimate of drug-likeness (QED) is 0.513. The number of hydrogen-bond donors (Lipinski definition) is 1. The van der Waals surface area contributed by atoms with E-state index in [2.05, 4.69) is 0 Å². The summed E-state index contributed by atoms with van der Waals surface area (Å²) in [6.45, 7) is 0. The molecule has 1 aromatic heterocycles. The highest BCUT2D eigenvalue weighted by Crippen LogP contribution is 2.31. The maximum Gasteiger partial charge on any atom is 0.371 e. The van der Waals surface area contributed by atoms with Crippen LogP contribution < -0.4 is 0 Å². The maximum absolute atomic E-state index is 10.8. The van der Waals surface area contributed by atoms with Crippen LogP contribution in [0.4, 0.5) is 5.69 Å². The molecular weight excluding hydrogens is 270 g/mol. The molecule has 0 radical (unpaired) electrons. The molecule has 0 bridgehead atoms. The highest BCUT2D eigenvalue weighted by atomic mass is 32.2. The van der Waals surface area contributed by atoms with E-state index >= 15 is 0 Å². The van der Waals surface area contributed by atoms with E-state index < -0.39 is 10.9 Å². The van der Waals surface area contributed by atoms with Gasteiger partial charge in [-0.3, -0.25) is 10.1 Å². The Morgan fingerprint density at radius 1 is 1.32 bits per heavy atom. The number of nitro benzene ring substituents is 1. The van der Waals surface area contributed by atoms with Crippen molar-refractivity contribution in [1.82, 2.24) is 0 Å². The summed E-state index contributed by atoms with van der Waals surface area (Å²) < 4.78 is 5.08. The molecule has 0 spiro atoms. The molecule has 98 valence electrons. The topological polar surface area (TPSA) is 93.6 Å². The average Bonchev–Trinajstić information content (AvgIpc) is 2.85. The minimum Gasteiger partial charge on any atom is -0.475 e. The predicted octanol–water partition coefficient (Wildman–Crippen LogP) is 3.18. The van der Waals surface area contributed by atoms with Crippen molar-refractivity contribution in [3.05, 3.63) is 58.0 Å². The summed E-state index contributed by atoms with van der Waals surface area (Å²) in [5.74, 6) is -0.487. The van der Waals surface area contributed by atoms with Crippen molar-refractivity contribution in [3.8, 4) is 0 Å². The zero-order valence-corrected chi connectivity index (χ0v) is 10.4. The number of hydrogen-bond acceptors (Lipinski definition) is 5. The van der Waals surface area contributed by atoms with Crippen LogP contribution in [0.1, 0.15) is 16.3 Å². The molecule has 19 heavy (non-hydrogen) atoms. The Bertz CT molecular complexity index is 622. The Morgan fingerprint density at radius 2 is 2.05 bits per heavy atom. The molecule has 0 saturated heterocycles. The lowest BCUT2D eigenvalue weighted by molar-refractivity contribution is -0.387. The van der Waals surface area contributed by atoms with Gasteiger partial charge in [-0.05, 0) is 18.2 Å². The van der Waals surface area contributed by atoms with Crippen LogP contribution in [0.2, 0.25) is 0 Å². The zero-order valence-electron chi connectivity index (χ0n) is 9.61. The SMILES string of the molecule is O=C(O)c1ccc(CSc2ccccc2[N+](=O)[O-])o1. The Kier molecular flexibility index (Phi) is 3.86. The molecule has 0 aliphatic rings. The molecule has 0 unspecified atom stereocenters. The number of carboxylic acid groups (broad SMARTS) is 1. The Labute approximate surface area is 112 Å².